The first-order chi connectivity index (χ1) is 10.5. The maximum absolute atomic E-state index is 12.1. The van der Waals surface area contributed by atoms with Crippen molar-refractivity contribution >= 4 is 18.3 Å². The van der Waals surface area contributed by atoms with E-state index >= 15 is 0 Å². The van der Waals surface area contributed by atoms with Crippen LogP contribution in [0.4, 0.5) is 0 Å². The molecular weight excluding hydrogens is 308 g/mol. The zero-order valence-electron chi connectivity index (χ0n) is 13.8. The molecule has 1 amide bonds. The van der Waals surface area contributed by atoms with Crippen LogP contribution in [0.15, 0.2) is 54.6 Å². The van der Waals surface area contributed by atoms with E-state index < -0.39 is 0 Å². The van der Waals surface area contributed by atoms with E-state index in [1.54, 1.807) is 0 Å². The number of nitrogens with two attached hydrogens (primary N) is 1. The fourth-order valence-corrected chi connectivity index (χ4v) is 2.26. The van der Waals surface area contributed by atoms with E-state index in [-0.39, 0.29) is 36.3 Å². The smallest absolute Gasteiger partial charge is 0.224 e. The molecular formula is C19H25ClN2O. The molecule has 2 aromatic rings. The summed E-state index contributed by atoms with van der Waals surface area (Å²) in [5.74, 6) is -0.194. The minimum atomic E-state index is -0.189. The lowest BCUT2D eigenvalue weighted by molar-refractivity contribution is -0.125. The van der Waals surface area contributed by atoms with Crippen molar-refractivity contribution in [3.8, 4) is 11.1 Å². The Labute approximate surface area is 144 Å². The van der Waals surface area contributed by atoms with Gasteiger partial charge in [-0.3, -0.25) is 4.79 Å². The molecule has 3 N–H and O–H groups in total. The van der Waals surface area contributed by atoms with Crippen LogP contribution >= 0.6 is 12.4 Å². The summed E-state index contributed by atoms with van der Waals surface area (Å²) < 4.78 is 0. The van der Waals surface area contributed by atoms with Crippen molar-refractivity contribution < 1.29 is 4.79 Å². The van der Waals surface area contributed by atoms with Gasteiger partial charge in [0, 0.05) is 12.0 Å². The van der Waals surface area contributed by atoms with Gasteiger partial charge >= 0.3 is 0 Å². The Morgan fingerprint density at radius 1 is 0.913 bits per heavy atom. The summed E-state index contributed by atoms with van der Waals surface area (Å²) in [6, 6.07) is 18.4. The lowest BCUT2D eigenvalue weighted by Crippen LogP contribution is -2.39. The first-order valence-corrected chi connectivity index (χ1v) is 7.70. The quantitative estimate of drug-likeness (QED) is 0.871. The molecule has 0 saturated heterocycles. The van der Waals surface area contributed by atoms with Crippen LogP contribution in [0.2, 0.25) is 0 Å². The summed E-state index contributed by atoms with van der Waals surface area (Å²) in [5.41, 5.74) is 9.23. The summed E-state index contributed by atoms with van der Waals surface area (Å²) in [6.45, 7) is 5.69. The normalized spacial score (nSPS) is 14.3. The van der Waals surface area contributed by atoms with Crippen LogP contribution in [0.25, 0.3) is 11.1 Å². The number of benzene rings is 2. The van der Waals surface area contributed by atoms with Crippen molar-refractivity contribution in [2.24, 2.45) is 11.7 Å². The predicted molar refractivity (Wildman–Crippen MR) is 98.5 cm³/mol. The SMILES string of the molecule is CC(NC(=O)C(C)C(C)N)c1ccc(-c2ccccc2)cc1.Cl. The van der Waals surface area contributed by atoms with Crippen molar-refractivity contribution in [3.05, 3.63) is 60.2 Å². The fourth-order valence-electron chi connectivity index (χ4n) is 2.26. The lowest BCUT2D eigenvalue weighted by Gasteiger charge is -2.20. The van der Waals surface area contributed by atoms with Crippen molar-refractivity contribution in [2.45, 2.75) is 32.9 Å². The average Bonchev–Trinajstić information content (AvgIpc) is 2.54. The molecule has 0 radical (unpaired) electrons. The van der Waals surface area contributed by atoms with Gasteiger partial charge in [0.15, 0.2) is 0 Å². The maximum Gasteiger partial charge on any atom is 0.224 e. The van der Waals surface area contributed by atoms with E-state index in [9.17, 15) is 4.79 Å². The number of halogens is 1. The van der Waals surface area contributed by atoms with E-state index in [0.29, 0.717) is 0 Å². The van der Waals surface area contributed by atoms with Crippen LogP contribution in [0.5, 0.6) is 0 Å². The molecule has 0 aliphatic rings. The monoisotopic (exact) mass is 332 g/mol. The molecule has 4 heteroatoms. The van der Waals surface area contributed by atoms with E-state index in [2.05, 4.69) is 41.7 Å². The van der Waals surface area contributed by atoms with Crippen LogP contribution in [0.1, 0.15) is 32.4 Å². The number of amides is 1. The Morgan fingerprint density at radius 3 is 1.96 bits per heavy atom. The lowest BCUT2D eigenvalue weighted by atomic mass is 10.00. The molecule has 124 valence electrons. The minimum absolute atomic E-state index is 0. The molecule has 2 rings (SSSR count). The molecule has 0 spiro atoms. The van der Waals surface area contributed by atoms with Crippen LogP contribution in [0.3, 0.4) is 0 Å². The summed E-state index contributed by atoms with van der Waals surface area (Å²) in [6.07, 6.45) is 0. The molecule has 0 aromatic heterocycles. The molecule has 0 aliphatic carbocycles. The summed E-state index contributed by atoms with van der Waals surface area (Å²) in [4.78, 5) is 12.1. The third kappa shape index (κ3) is 5.08. The molecule has 3 atom stereocenters. The maximum atomic E-state index is 12.1. The standard InChI is InChI=1S/C19H24N2O.ClH/c1-13(14(2)20)19(22)21-15(3)16-9-11-18(12-10-16)17-7-5-4-6-8-17;/h4-15H,20H2,1-3H3,(H,21,22);1H. The highest BCUT2D eigenvalue weighted by Crippen LogP contribution is 2.22. The van der Waals surface area contributed by atoms with Gasteiger partial charge in [-0.15, -0.1) is 12.4 Å². The largest absolute Gasteiger partial charge is 0.349 e. The molecule has 23 heavy (non-hydrogen) atoms. The summed E-state index contributed by atoms with van der Waals surface area (Å²) in [7, 11) is 0. The first-order valence-electron chi connectivity index (χ1n) is 7.70. The van der Waals surface area contributed by atoms with Gasteiger partial charge in [0.2, 0.25) is 5.91 Å². The summed E-state index contributed by atoms with van der Waals surface area (Å²) in [5, 5.41) is 3.02. The van der Waals surface area contributed by atoms with Gasteiger partial charge < -0.3 is 11.1 Å². The molecule has 2 aromatic carbocycles. The number of rotatable bonds is 5. The number of hydrogen-bond acceptors (Lipinski definition) is 2. The number of hydrogen-bond donors (Lipinski definition) is 2. The highest BCUT2D eigenvalue weighted by Gasteiger charge is 2.19. The highest BCUT2D eigenvalue weighted by molar-refractivity contribution is 5.85. The van der Waals surface area contributed by atoms with Gasteiger partial charge in [0.25, 0.3) is 0 Å². The molecule has 0 saturated carbocycles. The third-order valence-electron chi connectivity index (χ3n) is 4.08. The van der Waals surface area contributed by atoms with Gasteiger partial charge in [0.05, 0.1) is 6.04 Å². The van der Waals surface area contributed by atoms with Crippen molar-refractivity contribution in [2.75, 3.05) is 0 Å². The Morgan fingerprint density at radius 2 is 1.43 bits per heavy atom. The van der Waals surface area contributed by atoms with Crippen LogP contribution in [0, 0.1) is 5.92 Å². The van der Waals surface area contributed by atoms with Crippen molar-refractivity contribution in [3.63, 3.8) is 0 Å². The van der Waals surface area contributed by atoms with E-state index in [1.807, 2.05) is 39.0 Å². The second-order valence-corrected chi connectivity index (χ2v) is 5.87. The number of carbonyl (C=O) groups is 1. The second-order valence-electron chi connectivity index (χ2n) is 5.87. The zero-order valence-corrected chi connectivity index (χ0v) is 14.6. The molecule has 0 aliphatic heterocycles. The molecule has 3 nitrogen and oxygen atoms in total. The second kappa shape index (κ2) is 8.70. The zero-order chi connectivity index (χ0) is 16.1. The Hall–Kier alpha value is -1.84. The van der Waals surface area contributed by atoms with Crippen LogP contribution < -0.4 is 11.1 Å². The van der Waals surface area contributed by atoms with Crippen molar-refractivity contribution in [1.29, 1.82) is 0 Å². The average molecular weight is 333 g/mol. The highest BCUT2D eigenvalue weighted by atomic mass is 35.5. The molecule has 0 bridgehead atoms. The van der Waals surface area contributed by atoms with Gasteiger partial charge in [0.1, 0.15) is 0 Å². The van der Waals surface area contributed by atoms with Crippen LogP contribution in [-0.4, -0.2) is 11.9 Å². The molecule has 0 fully saturated rings. The van der Waals surface area contributed by atoms with Gasteiger partial charge in [-0.25, -0.2) is 0 Å². The van der Waals surface area contributed by atoms with Crippen molar-refractivity contribution in [1.82, 2.24) is 5.32 Å². The Kier molecular flexibility index (Phi) is 7.27. The number of nitrogens with one attached hydrogen (secondary N) is 1. The van der Waals surface area contributed by atoms with Crippen LogP contribution in [-0.2, 0) is 4.79 Å². The van der Waals surface area contributed by atoms with Gasteiger partial charge in [-0.05, 0) is 30.5 Å². The predicted octanol–water partition coefficient (Wildman–Crippen LogP) is 3.94. The third-order valence-corrected chi connectivity index (χ3v) is 4.08. The van der Waals surface area contributed by atoms with Gasteiger partial charge in [-0.2, -0.15) is 0 Å². The minimum Gasteiger partial charge on any atom is -0.349 e. The van der Waals surface area contributed by atoms with E-state index in [1.165, 1.54) is 11.1 Å². The topological polar surface area (TPSA) is 55.1 Å². The molecule has 3 unspecified atom stereocenters. The molecule has 0 heterocycles. The summed E-state index contributed by atoms with van der Waals surface area (Å²) >= 11 is 0. The fraction of sp³-hybridized carbons (Fsp3) is 0.316. The Bertz CT molecular complexity index is 611. The Balaban J connectivity index is 0.00000264. The first kappa shape index (κ1) is 19.2. The van der Waals surface area contributed by atoms with E-state index in [0.717, 1.165) is 5.56 Å². The number of carbonyl (C=O) groups excluding carboxylic acids is 1. The van der Waals surface area contributed by atoms with Gasteiger partial charge in [-0.1, -0.05) is 61.5 Å². The van der Waals surface area contributed by atoms with E-state index in [4.69, 9.17) is 5.73 Å².